The fraction of sp³-hybridized carbons (Fsp3) is 0.607. The molecule has 35 heavy (non-hydrogen) atoms. The molecule has 1 aromatic carbocycles. The van der Waals surface area contributed by atoms with Crippen LogP contribution in [0.15, 0.2) is 24.3 Å². The number of nitrogens with one attached hydrogen (secondary N) is 2. The number of unbranched alkanes of at least 4 members (excludes halogenated alkanes) is 5. The van der Waals surface area contributed by atoms with Crippen molar-refractivity contribution in [3.63, 3.8) is 0 Å². The van der Waals surface area contributed by atoms with Crippen molar-refractivity contribution in [1.29, 1.82) is 0 Å². The summed E-state index contributed by atoms with van der Waals surface area (Å²) in [4.78, 5) is 40.5. The first-order valence-corrected chi connectivity index (χ1v) is 12.6. The Morgan fingerprint density at radius 2 is 1.69 bits per heavy atom. The zero-order valence-corrected chi connectivity index (χ0v) is 22.3. The smallest absolute Gasteiger partial charge is 0.408 e. The van der Waals surface area contributed by atoms with Gasteiger partial charge >= 0.3 is 6.09 Å². The van der Waals surface area contributed by atoms with Gasteiger partial charge in [0.1, 0.15) is 18.2 Å². The first kappa shape index (κ1) is 30.0. The monoisotopic (exact) mass is 485 g/mol. The summed E-state index contributed by atoms with van der Waals surface area (Å²) in [6.07, 6.45) is 11.3. The van der Waals surface area contributed by atoms with Crippen LogP contribution in [0.25, 0.3) is 0 Å². The molecule has 0 bridgehead atoms. The number of amides is 3. The molecule has 0 radical (unpaired) electrons. The molecule has 0 heterocycles. The van der Waals surface area contributed by atoms with E-state index < -0.39 is 17.7 Å². The molecule has 0 aliphatic heterocycles. The fourth-order valence-corrected chi connectivity index (χ4v) is 3.70. The lowest BCUT2D eigenvalue weighted by Crippen LogP contribution is -2.49. The number of ether oxygens (including phenoxy) is 1. The summed E-state index contributed by atoms with van der Waals surface area (Å²) in [5, 5.41) is 5.46. The molecule has 0 aromatic heterocycles. The van der Waals surface area contributed by atoms with Crippen molar-refractivity contribution in [2.75, 3.05) is 13.1 Å². The number of rotatable bonds is 13. The average molecular weight is 486 g/mol. The van der Waals surface area contributed by atoms with Gasteiger partial charge in [0.25, 0.3) is 0 Å². The summed E-state index contributed by atoms with van der Waals surface area (Å²) < 4.78 is 5.26. The number of alkyl carbamates (subject to hydrolysis) is 1. The number of hydrogen-bond donors (Lipinski definition) is 2. The van der Waals surface area contributed by atoms with Crippen LogP contribution in [0.3, 0.4) is 0 Å². The van der Waals surface area contributed by atoms with Gasteiger partial charge in [0.2, 0.25) is 11.8 Å². The third-order valence-corrected chi connectivity index (χ3v) is 5.26. The molecule has 1 aromatic rings. The fourth-order valence-electron chi connectivity index (χ4n) is 3.70. The third kappa shape index (κ3) is 11.3. The van der Waals surface area contributed by atoms with Gasteiger partial charge in [0.15, 0.2) is 0 Å². The van der Waals surface area contributed by atoms with E-state index in [1.807, 2.05) is 13.8 Å². The van der Waals surface area contributed by atoms with Crippen LogP contribution >= 0.6 is 0 Å². The first-order chi connectivity index (χ1) is 16.5. The predicted octanol–water partition coefficient (Wildman–Crippen LogP) is 4.95. The van der Waals surface area contributed by atoms with Crippen LogP contribution in [0.4, 0.5) is 4.79 Å². The highest BCUT2D eigenvalue weighted by Crippen LogP contribution is 2.26. The second kappa shape index (κ2) is 15.1. The SMILES string of the molecule is C#Cc1ccccc1C(C(=O)NC(C)C)N(CCCCCCCC)C(=O)CNC(=O)OC(C)(C)C. The second-order valence-electron chi connectivity index (χ2n) is 10.0. The highest BCUT2D eigenvalue weighted by Gasteiger charge is 2.33. The summed E-state index contributed by atoms with van der Waals surface area (Å²) in [5.74, 6) is 1.96. The number of benzene rings is 1. The maximum Gasteiger partial charge on any atom is 0.408 e. The number of terminal acetylenes is 1. The van der Waals surface area contributed by atoms with E-state index in [9.17, 15) is 14.4 Å². The van der Waals surface area contributed by atoms with Gasteiger partial charge in [-0.25, -0.2) is 4.79 Å². The van der Waals surface area contributed by atoms with E-state index in [0.29, 0.717) is 17.7 Å². The summed E-state index contributed by atoms with van der Waals surface area (Å²) in [6.45, 7) is 11.2. The van der Waals surface area contributed by atoms with E-state index in [4.69, 9.17) is 11.2 Å². The van der Waals surface area contributed by atoms with Gasteiger partial charge in [-0.2, -0.15) is 0 Å². The summed E-state index contributed by atoms with van der Waals surface area (Å²) in [6, 6.07) is 6.13. The standard InChI is InChI=1S/C28H43N3O4/c1-8-10-11-12-13-16-19-31(24(32)20-29-27(34)35-28(5,6)7)25(26(33)30-21(3)4)23-18-15-14-17-22(23)9-2/h2,14-15,17-18,21,25H,8,10-13,16,19-20H2,1,3-7H3,(H,29,34)(H,30,33). The van der Waals surface area contributed by atoms with Crippen LogP contribution in [0, 0.1) is 12.3 Å². The Hall–Kier alpha value is -3.01. The maximum atomic E-state index is 13.4. The Morgan fingerprint density at radius 3 is 2.29 bits per heavy atom. The van der Waals surface area contributed by atoms with Crippen LogP contribution in [-0.4, -0.2) is 47.5 Å². The average Bonchev–Trinajstić information content (AvgIpc) is 2.77. The Kier molecular flexibility index (Phi) is 12.9. The minimum absolute atomic E-state index is 0.117. The van der Waals surface area contributed by atoms with Crippen LogP contribution in [0.5, 0.6) is 0 Å². The summed E-state index contributed by atoms with van der Waals surface area (Å²) in [7, 11) is 0. The Labute approximate surface area is 211 Å². The van der Waals surface area contributed by atoms with Gasteiger partial charge in [0.05, 0.1) is 0 Å². The van der Waals surface area contributed by atoms with Gasteiger partial charge in [0, 0.05) is 18.2 Å². The molecule has 0 spiro atoms. The predicted molar refractivity (Wildman–Crippen MR) is 140 cm³/mol. The van der Waals surface area contributed by atoms with Crippen molar-refractivity contribution in [2.45, 2.75) is 97.8 Å². The Balaban J connectivity index is 3.21. The van der Waals surface area contributed by atoms with Gasteiger partial charge in [-0.3, -0.25) is 9.59 Å². The van der Waals surface area contributed by atoms with Crippen molar-refractivity contribution in [2.24, 2.45) is 0 Å². The molecular formula is C28H43N3O4. The largest absolute Gasteiger partial charge is 0.444 e. The van der Waals surface area contributed by atoms with Crippen molar-refractivity contribution in [1.82, 2.24) is 15.5 Å². The summed E-state index contributed by atoms with van der Waals surface area (Å²) >= 11 is 0. The quantitative estimate of drug-likeness (QED) is 0.306. The van der Waals surface area contributed by atoms with Crippen molar-refractivity contribution >= 4 is 17.9 Å². The molecule has 0 saturated carbocycles. The Morgan fingerprint density at radius 1 is 1.06 bits per heavy atom. The Bertz CT molecular complexity index is 868. The van der Waals surface area contributed by atoms with Crippen LogP contribution < -0.4 is 10.6 Å². The normalized spacial score (nSPS) is 11.9. The second-order valence-corrected chi connectivity index (χ2v) is 10.0. The molecule has 0 aliphatic carbocycles. The molecule has 2 N–H and O–H groups in total. The van der Waals surface area contributed by atoms with Crippen LogP contribution in [0.2, 0.25) is 0 Å². The van der Waals surface area contributed by atoms with Gasteiger partial charge < -0.3 is 20.3 Å². The number of hydrogen-bond acceptors (Lipinski definition) is 4. The molecule has 3 amide bonds. The number of carbonyl (C=O) groups is 3. The molecule has 0 aliphatic rings. The van der Waals surface area contributed by atoms with Crippen molar-refractivity contribution in [3.8, 4) is 12.3 Å². The number of carbonyl (C=O) groups excluding carboxylic acids is 3. The van der Waals surface area contributed by atoms with Crippen LogP contribution in [-0.2, 0) is 14.3 Å². The molecule has 1 atom stereocenters. The highest BCUT2D eigenvalue weighted by atomic mass is 16.6. The van der Waals surface area contributed by atoms with E-state index in [0.717, 1.165) is 32.1 Å². The van der Waals surface area contributed by atoms with E-state index >= 15 is 0 Å². The molecule has 0 fully saturated rings. The minimum Gasteiger partial charge on any atom is -0.444 e. The van der Waals surface area contributed by atoms with E-state index in [2.05, 4.69) is 23.5 Å². The molecule has 7 nitrogen and oxygen atoms in total. The highest BCUT2D eigenvalue weighted by molar-refractivity contribution is 5.91. The molecule has 194 valence electrons. The maximum absolute atomic E-state index is 13.4. The van der Waals surface area contributed by atoms with E-state index in [1.165, 1.54) is 11.3 Å². The first-order valence-electron chi connectivity index (χ1n) is 12.6. The van der Waals surface area contributed by atoms with Gasteiger partial charge in [-0.05, 0) is 52.7 Å². The lowest BCUT2D eigenvalue weighted by atomic mass is 9.97. The zero-order chi connectivity index (χ0) is 26.4. The lowest BCUT2D eigenvalue weighted by Gasteiger charge is -2.33. The lowest BCUT2D eigenvalue weighted by molar-refractivity contribution is -0.140. The molecule has 1 rings (SSSR count). The molecule has 0 saturated heterocycles. The van der Waals surface area contributed by atoms with Crippen molar-refractivity contribution in [3.05, 3.63) is 35.4 Å². The van der Waals surface area contributed by atoms with Gasteiger partial charge in [-0.1, -0.05) is 63.1 Å². The molecular weight excluding hydrogens is 442 g/mol. The summed E-state index contributed by atoms with van der Waals surface area (Å²) in [5.41, 5.74) is 0.457. The topological polar surface area (TPSA) is 87.7 Å². The number of nitrogens with zero attached hydrogens (tertiary/aromatic N) is 1. The van der Waals surface area contributed by atoms with Crippen LogP contribution in [0.1, 0.15) is 97.2 Å². The zero-order valence-electron chi connectivity index (χ0n) is 22.3. The molecule has 7 heteroatoms. The van der Waals surface area contributed by atoms with E-state index in [-0.39, 0.29) is 24.4 Å². The van der Waals surface area contributed by atoms with Crippen molar-refractivity contribution < 1.29 is 19.1 Å². The minimum atomic E-state index is -0.909. The third-order valence-electron chi connectivity index (χ3n) is 5.26. The molecule has 1 unspecified atom stereocenters. The van der Waals surface area contributed by atoms with Gasteiger partial charge in [-0.15, -0.1) is 6.42 Å². The van der Waals surface area contributed by atoms with E-state index in [1.54, 1.807) is 45.0 Å².